The smallest absolute Gasteiger partial charge is 0.195 e. The Morgan fingerprint density at radius 1 is 0.364 bits per heavy atom. The first kappa shape index (κ1) is 32.4. The summed E-state index contributed by atoms with van der Waals surface area (Å²) in [5, 5.41) is 0. The second kappa shape index (κ2) is 13.0. The summed E-state index contributed by atoms with van der Waals surface area (Å²) in [5.74, 6) is -4.16. The Morgan fingerprint density at radius 2 is 0.782 bits per heavy atom. The number of fused-ring (bicyclic) bond motifs is 11. The molecule has 2 N–H and O–H groups in total. The third-order valence-corrected chi connectivity index (χ3v) is 10.2. The van der Waals surface area contributed by atoms with Crippen LogP contribution in [0, 0.1) is 17.5 Å². The summed E-state index contributed by atoms with van der Waals surface area (Å²) in [6, 6.07) is 48.2. The molecule has 2 aliphatic heterocycles. The molecular weight excluding hydrogens is 690 g/mol. The molecule has 0 saturated carbocycles. The van der Waals surface area contributed by atoms with E-state index < -0.39 is 17.5 Å². The minimum absolute atomic E-state index is 0.120. The molecule has 8 aromatic rings. The van der Waals surface area contributed by atoms with Gasteiger partial charge in [0, 0.05) is 55.4 Å². The molecule has 0 atom stereocenters. The van der Waals surface area contributed by atoms with Crippen LogP contribution in [0.3, 0.4) is 0 Å². The zero-order valence-corrected chi connectivity index (χ0v) is 29.1. The number of benzene rings is 5. The first-order valence-corrected chi connectivity index (χ1v) is 17.9. The van der Waals surface area contributed by atoms with E-state index in [4.69, 9.17) is 9.97 Å². The summed E-state index contributed by atoms with van der Waals surface area (Å²) < 4.78 is 47.3. The first-order valence-electron chi connectivity index (χ1n) is 17.9. The lowest BCUT2D eigenvalue weighted by Crippen LogP contribution is -1.96. The van der Waals surface area contributed by atoms with Gasteiger partial charge in [-0.3, -0.25) is 0 Å². The topological polar surface area (TPSA) is 57.4 Å². The van der Waals surface area contributed by atoms with E-state index in [0.29, 0.717) is 33.6 Å². The third-order valence-electron chi connectivity index (χ3n) is 10.2. The number of aromatic nitrogens is 4. The van der Waals surface area contributed by atoms with E-state index in [1.807, 2.05) is 133 Å². The number of aromatic amines is 2. The fourth-order valence-corrected chi connectivity index (χ4v) is 7.77. The second-order valence-electron chi connectivity index (χ2n) is 13.5. The average molecular weight is 719 g/mol. The summed E-state index contributed by atoms with van der Waals surface area (Å²) in [6.07, 6.45) is 3.85. The highest BCUT2D eigenvalue weighted by molar-refractivity contribution is 6.04. The van der Waals surface area contributed by atoms with Gasteiger partial charge in [-0.2, -0.15) is 0 Å². The Balaban J connectivity index is 1.48. The van der Waals surface area contributed by atoms with Crippen molar-refractivity contribution in [2.75, 3.05) is 0 Å². The number of H-pyrrole nitrogens is 2. The molecule has 5 heterocycles. The van der Waals surface area contributed by atoms with Crippen LogP contribution in [0.4, 0.5) is 13.2 Å². The van der Waals surface area contributed by atoms with E-state index in [9.17, 15) is 0 Å². The minimum atomic E-state index is -1.56. The van der Waals surface area contributed by atoms with Gasteiger partial charge in [0.2, 0.25) is 0 Å². The molecule has 0 aliphatic carbocycles. The molecule has 3 aromatic heterocycles. The zero-order valence-electron chi connectivity index (χ0n) is 29.1. The number of nitrogens with zero attached hydrogens (tertiary/aromatic N) is 2. The maximum Gasteiger partial charge on any atom is 0.195 e. The van der Waals surface area contributed by atoms with Crippen molar-refractivity contribution in [3.63, 3.8) is 0 Å². The van der Waals surface area contributed by atoms with Crippen LogP contribution >= 0.6 is 0 Å². The molecule has 262 valence electrons. The molecule has 5 aromatic carbocycles. The van der Waals surface area contributed by atoms with Crippen molar-refractivity contribution >= 4 is 34.2 Å². The molecule has 0 saturated heterocycles. The van der Waals surface area contributed by atoms with E-state index in [0.717, 1.165) is 50.4 Å². The Labute approximate surface area is 314 Å². The van der Waals surface area contributed by atoms with E-state index in [1.165, 1.54) is 0 Å². The van der Waals surface area contributed by atoms with Gasteiger partial charge < -0.3 is 9.97 Å². The van der Waals surface area contributed by atoms with Crippen molar-refractivity contribution in [1.29, 1.82) is 0 Å². The molecule has 0 amide bonds. The number of hydrogen-bond acceptors (Lipinski definition) is 2. The largest absolute Gasteiger partial charge is 0.354 e. The van der Waals surface area contributed by atoms with Crippen LogP contribution in [0.5, 0.6) is 0 Å². The van der Waals surface area contributed by atoms with Gasteiger partial charge >= 0.3 is 0 Å². The summed E-state index contributed by atoms with van der Waals surface area (Å²) >= 11 is 0. The fraction of sp³-hybridized carbons (Fsp3) is 0. The molecule has 55 heavy (non-hydrogen) atoms. The van der Waals surface area contributed by atoms with Crippen LogP contribution in [0.1, 0.15) is 11.4 Å². The highest BCUT2D eigenvalue weighted by atomic mass is 19.2. The summed E-state index contributed by atoms with van der Waals surface area (Å²) in [6.45, 7) is 0. The van der Waals surface area contributed by atoms with Crippen molar-refractivity contribution in [2.24, 2.45) is 0 Å². The lowest BCUT2D eigenvalue weighted by Gasteiger charge is -2.10. The quantitative estimate of drug-likeness (QED) is 0.178. The Morgan fingerprint density at radius 3 is 1.31 bits per heavy atom. The van der Waals surface area contributed by atoms with Crippen LogP contribution in [-0.2, 0) is 0 Å². The van der Waals surface area contributed by atoms with E-state index in [2.05, 4.69) is 34.2 Å². The number of rotatable bonds is 4. The van der Waals surface area contributed by atoms with Crippen LogP contribution in [0.15, 0.2) is 152 Å². The molecule has 7 heteroatoms. The molecule has 2 aliphatic rings. The monoisotopic (exact) mass is 718 g/mol. The van der Waals surface area contributed by atoms with Gasteiger partial charge in [0.25, 0.3) is 0 Å². The molecule has 4 nitrogen and oxygen atoms in total. The Bertz CT molecular complexity index is 2990. The van der Waals surface area contributed by atoms with Gasteiger partial charge in [-0.1, -0.05) is 121 Å². The molecule has 10 rings (SSSR count). The Hall–Kier alpha value is -7.25. The van der Waals surface area contributed by atoms with E-state index in [1.54, 1.807) is 0 Å². The minimum Gasteiger partial charge on any atom is -0.354 e. The van der Waals surface area contributed by atoms with Gasteiger partial charge in [-0.25, -0.2) is 23.1 Å². The van der Waals surface area contributed by atoms with E-state index >= 15 is 13.2 Å². The van der Waals surface area contributed by atoms with Gasteiger partial charge in [0.15, 0.2) is 17.5 Å². The molecule has 0 fully saturated rings. The standard InChI is InChI=1S/C48H29F3N4/c49-33-27-32-44(46(51)45(33)50)48-43(31-19-11-4-12-20-31)39-26-24-37(54-39)41(29-15-7-2-8-16-29)35-22-21-34(52-35)40(28-13-5-1-6-14-28)36-23-25-38(53-36)42(47(32)55-48)30-17-9-3-10-18-30/h1-27,52,54H. The zero-order chi connectivity index (χ0) is 37.0. The predicted molar refractivity (Wildman–Crippen MR) is 216 cm³/mol. The Kier molecular flexibility index (Phi) is 7.66. The number of halogens is 3. The maximum absolute atomic E-state index is 16.5. The van der Waals surface area contributed by atoms with Crippen molar-refractivity contribution in [2.45, 2.75) is 0 Å². The maximum atomic E-state index is 16.5. The molecule has 8 bridgehead atoms. The second-order valence-corrected chi connectivity index (χ2v) is 13.5. The van der Waals surface area contributed by atoms with Crippen LogP contribution in [0.25, 0.3) is 101 Å². The van der Waals surface area contributed by atoms with Crippen molar-refractivity contribution in [3.05, 3.63) is 180 Å². The molecule has 0 radical (unpaired) electrons. The molecule has 0 spiro atoms. The normalized spacial score (nSPS) is 11.8. The van der Waals surface area contributed by atoms with Crippen LogP contribution in [0.2, 0.25) is 0 Å². The van der Waals surface area contributed by atoms with E-state index in [-0.39, 0.29) is 22.5 Å². The number of nitrogens with one attached hydrogen (secondary N) is 2. The average Bonchev–Trinajstić information content (AvgIpc) is 4.06. The highest BCUT2D eigenvalue weighted by Crippen LogP contribution is 2.48. The van der Waals surface area contributed by atoms with Crippen molar-refractivity contribution in [3.8, 4) is 67.0 Å². The van der Waals surface area contributed by atoms with Crippen molar-refractivity contribution < 1.29 is 13.2 Å². The van der Waals surface area contributed by atoms with Gasteiger partial charge in [0.1, 0.15) is 0 Å². The highest BCUT2D eigenvalue weighted by Gasteiger charge is 2.32. The fourth-order valence-electron chi connectivity index (χ4n) is 7.77. The molecular formula is C48H29F3N4. The predicted octanol–water partition coefficient (Wildman–Crippen LogP) is 12.9. The van der Waals surface area contributed by atoms with Gasteiger partial charge in [-0.15, -0.1) is 0 Å². The van der Waals surface area contributed by atoms with Crippen molar-refractivity contribution in [1.82, 2.24) is 19.9 Å². The molecule has 0 unspecified atom stereocenters. The van der Waals surface area contributed by atoms with Gasteiger partial charge in [0.05, 0.1) is 22.8 Å². The summed E-state index contributed by atoms with van der Waals surface area (Å²) in [5.41, 5.74) is 11.1. The SMILES string of the molecule is Fc1cc2c(c(F)c1F)-c1nc-2c(-c2ccccc2)c2nc(c(-c3ccccc3)c3ccc([nH]3)c(-c3ccccc3)c3ccc([nH]3)c1-c1ccccc1)C=C2. The number of hydrogen-bond donors (Lipinski definition) is 2. The third kappa shape index (κ3) is 5.39. The first-order chi connectivity index (χ1) is 27.0. The summed E-state index contributed by atoms with van der Waals surface area (Å²) in [4.78, 5) is 17.8. The van der Waals surface area contributed by atoms with Gasteiger partial charge in [-0.05, 0) is 64.7 Å². The van der Waals surface area contributed by atoms with Crippen LogP contribution in [-0.4, -0.2) is 19.9 Å². The lowest BCUT2D eigenvalue weighted by molar-refractivity contribution is 0.449. The summed E-state index contributed by atoms with van der Waals surface area (Å²) in [7, 11) is 0. The lowest BCUT2D eigenvalue weighted by atomic mass is 9.94. The van der Waals surface area contributed by atoms with Crippen LogP contribution < -0.4 is 0 Å².